The van der Waals surface area contributed by atoms with Gasteiger partial charge in [-0.15, -0.1) is 0 Å². The number of anilines is 1. The third-order valence-corrected chi connectivity index (χ3v) is 3.82. The minimum Gasteiger partial charge on any atom is -0.365 e. The van der Waals surface area contributed by atoms with Gasteiger partial charge in [0.25, 0.3) is 0 Å². The molecule has 8 heteroatoms. The zero-order chi connectivity index (χ0) is 19.0. The Hall–Kier alpha value is -1.86. The maximum absolute atomic E-state index is 13.0. The molecule has 25 heavy (non-hydrogen) atoms. The number of halogens is 3. The van der Waals surface area contributed by atoms with Crippen LogP contribution in [0.2, 0.25) is 0 Å². The molecule has 0 aromatic carbocycles. The quantitative estimate of drug-likeness (QED) is 0.892. The molecule has 1 aliphatic heterocycles. The van der Waals surface area contributed by atoms with Gasteiger partial charge in [-0.25, -0.2) is 9.97 Å². The minimum atomic E-state index is -4.61. The number of amides is 1. The van der Waals surface area contributed by atoms with Crippen LogP contribution in [0.1, 0.15) is 58.5 Å². The Labute approximate surface area is 146 Å². The average molecular weight is 358 g/mol. The topological polar surface area (TPSA) is 58.1 Å². The molecule has 1 fully saturated rings. The van der Waals surface area contributed by atoms with Gasteiger partial charge in [-0.2, -0.15) is 13.2 Å². The van der Waals surface area contributed by atoms with Crippen LogP contribution >= 0.6 is 0 Å². The van der Waals surface area contributed by atoms with E-state index in [0.29, 0.717) is 18.8 Å². The summed E-state index contributed by atoms with van der Waals surface area (Å²) in [5.74, 6) is -1.20. The predicted molar refractivity (Wildman–Crippen MR) is 89.2 cm³/mol. The number of nitrogens with zero attached hydrogens (tertiary/aromatic N) is 3. The first-order valence-electron chi connectivity index (χ1n) is 8.35. The second-order valence-corrected chi connectivity index (χ2v) is 8.03. The molecular formula is C17H25F3N4O. The number of likely N-dealkylation sites (tertiary alicyclic amines) is 1. The molecular weight excluding hydrogens is 333 g/mol. The standard InChI is InChI=1S/C17H25F3N4O/c1-10(2)12-7-13(23-15(22-12)17(18,19)20)21-11-6-14(25)24(8-11)9-16(3,4)5/h7,10-11H,6,8-9H2,1-5H3,(H,21,22,23)/t11-/m0/s1. The largest absolute Gasteiger partial charge is 0.451 e. The van der Waals surface area contributed by atoms with E-state index in [1.807, 2.05) is 20.8 Å². The fourth-order valence-corrected chi connectivity index (χ4v) is 2.77. The third kappa shape index (κ3) is 5.31. The molecule has 1 N–H and O–H groups in total. The summed E-state index contributed by atoms with van der Waals surface area (Å²) in [4.78, 5) is 21.1. The third-order valence-electron chi connectivity index (χ3n) is 3.82. The number of hydrogen-bond acceptors (Lipinski definition) is 4. The molecule has 0 aliphatic carbocycles. The van der Waals surface area contributed by atoms with Crippen LogP contribution in [-0.2, 0) is 11.0 Å². The van der Waals surface area contributed by atoms with Crippen molar-refractivity contribution >= 4 is 11.7 Å². The molecule has 1 amide bonds. The number of hydrogen-bond donors (Lipinski definition) is 1. The lowest BCUT2D eigenvalue weighted by Gasteiger charge is -2.26. The highest BCUT2D eigenvalue weighted by Crippen LogP contribution is 2.29. The Morgan fingerprint density at radius 1 is 1.28 bits per heavy atom. The molecule has 0 radical (unpaired) electrons. The smallest absolute Gasteiger partial charge is 0.365 e. The zero-order valence-electron chi connectivity index (χ0n) is 15.2. The van der Waals surface area contributed by atoms with Gasteiger partial charge in [-0.3, -0.25) is 4.79 Å². The van der Waals surface area contributed by atoms with Gasteiger partial charge in [0.05, 0.1) is 6.04 Å². The van der Waals surface area contributed by atoms with E-state index >= 15 is 0 Å². The van der Waals surface area contributed by atoms with Gasteiger partial charge in [-0.05, 0) is 11.3 Å². The maximum atomic E-state index is 13.0. The van der Waals surface area contributed by atoms with Crippen molar-refractivity contribution in [2.75, 3.05) is 18.4 Å². The Bertz CT molecular complexity index is 638. The van der Waals surface area contributed by atoms with Crippen LogP contribution < -0.4 is 5.32 Å². The Morgan fingerprint density at radius 3 is 2.44 bits per heavy atom. The fourth-order valence-electron chi connectivity index (χ4n) is 2.77. The minimum absolute atomic E-state index is 0.00149. The van der Waals surface area contributed by atoms with Crippen molar-refractivity contribution in [3.05, 3.63) is 17.6 Å². The second-order valence-electron chi connectivity index (χ2n) is 8.03. The zero-order valence-corrected chi connectivity index (χ0v) is 15.2. The van der Waals surface area contributed by atoms with E-state index in [-0.39, 0.29) is 35.5 Å². The predicted octanol–water partition coefficient (Wildman–Crippen LogP) is 3.68. The first-order chi connectivity index (χ1) is 11.3. The van der Waals surface area contributed by atoms with E-state index in [1.165, 1.54) is 6.07 Å². The summed E-state index contributed by atoms with van der Waals surface area (Å²) >= 11 is 0. The molecule has 1 saturated heterocycles. The van der Waals surface area contributed by atoms with Crippen LogP contribution in [0.15, 0.2) is 6.07 Å². The fraction of sp³-hybridized carbons (Fsp3) is 0.706. The number of carbonyl (C=O) groups excluding carboxylic acids is 1. The van der Waals surface area contributed by atoms with Crippen LogP contribution in [0.4, 0.5) is 19.0 Å². The highest BCUT2D eigenvalue weighted by atomic mass is 19.4. The highest BCUT2D eigenvalue weighted by Gasteiger charge is 2.36. The van der Waals surface area contributed by atoms with Crippen molar-refractivity contribution < 1.29 is 18.0 Å². The van der Waals surface area contributed by atoms with Gasteiger partial charge in [0.15, 0.2) is 0 Å². The van der Waals surface area contributed by atoms with Crippen LogP contribution in [0.25, 0.3) is 0 Å². The van der Waals surface area contributed by atoms with E-state index in [2.05, 4.69) is 15.3 Å². The number of nitrogens with one attached hydrogen (secondary N) is 1. The Kier molecular flexibility index (Phi) is 5.30. The first-order valence-corrected chi connectivity index (χ1v) is 8.35. The van der Waals surface area contributed by atoms with Crippen molar-refractivity contribution in [1.29, 1.82) is 0 Å². The normalized spacial score (nSPS) is 19.0. The lowest BCUT2D eigenvalue weighted by molar-refractivity contribution is -0.145. The van der Waals surface area contributed by atoms with E-state index in [0.717, 1.165) is 0 Å². The van der Waals surface area contributed by atoms with Crippen molar-refractivity contribution in [2.24, 2.45) is 5.41 Å². The molecule has 5 nitrogen and oxygen atoms in total. The Morgan fingerprint density at radius 2 is 1.92 bits per heavy atom. The molecule has 1 aliphatic rings. The van der Waals surface area contributed by atoms with Gasteiger partial charge in [0, 0.05) is 31.3 Å². The van der Waals surface area contributed by atoms with Crippen molar-refractivity contribution in [1.82, 2.24) is 14.9 Å². The Balaban J connectivity index is 2.17. The number of alkyl halides is 3. The van der Waals surface area contributed by atoms with Gasteiger partial charge in [0.1, 0.15) is 5.82 Å². The molecule has 1 aromatic heterocycles. The van der Waals surface area contributed by atoms with Crippen molar-refractivity contribution in [2.45, 2.75) is 59.2 Å². The maximum Gasteiger partial charge on any atom is 0.451 e. The summed E-state index contributed by atoms with van der Waals surface area (Å²) in [6.07, 6.45) is -4.36. The summed E-state index contributed by atoms with van der Waals surface area (Å²) in [7, 11) is 0. The molecule has 0 bridgehead atoms. The monoisotopic (exact) mass is 358 g/mol. The highest BCUT2D eigenvalue weighted by molar-refractivity contribution is 5.80. The van der Waals surface area contributed by atoms with E-state index in [1.54, 1.807) is 18.7 Å². The van der Waals surface area contributed by atoms with Crippen LogP contribution in [-0.4, -0.2) is 39.9 Å². The van der Waals surface area contributed by atoms with E-state index in [9.17, 15) is 18.0 Å². The van der Waals surface area contributed by atoms with Gasteiger partial charge >= 0.3 is 6.18 Å². The van der Waals surface area contributed by atoms with Gasteiger partial charge in [0.2, 0.25) is 11.7 Å². The number of rotatable bonds is 4. The SMILES string of the molecule is CC(C)c1cc(N[C@H]2CC(=O)N(CC(C)(C)C)C2)nc(C(F)(F)F)n1. The second kappa shape index (κ2) is 6.80. The molecule has 140 valence electrons. The molecule has 2 rings (SSSR count). The summed E-state index contributed by atoms with van der Waals surface area (Å²) < 4.78 is 39.1. The first kappa shape index (κ1) is 19.5. The number of aromatic nitrogens is 2. The van der Waals surface area contributed by atoms with Crippen molar-refractivity contribution in [3.63, 3.8) is 0 Å². The summed E-state index contributed by atoms with van der Waals surface area (Å²) in [5.41, 5.74) is 0.286. The number of carbonyl (C=O) groups is 1. The van der Waals surface area contributed by atoms with E-state index in [4.69, 9.17) is 0 Å². The molecule has 0 unspecified atom stereocenters. The van der Waals surface area contributed by atoms with Crippen LogP contribution in [0.5, 0.6) is 0 Å². The van der Waals surface area contributed by atoms with Crippen LogP contribution in [0, 0.1) is 5.41 Å². The lowest BCUT2D eigenvalue weighted by Crippen LogP contribution is -2.35. The molecule has 1 aromatic rings. The summed E-state index contributed by atoms with van der Waals surface area (Å²) in [6.45, 7) is 10.7. The van der Waals surface area contributed by atoms with E-state index < -0.39 is 12.0 Å². The van der Waals surface area contributed by atoms with Gasteiger partial charge in [-0.1, -0.05) is 34.6 Å². The summed E-state index contributed by atoms with van der Waals surface area (Å²) in [6, 6.07) is 1.27. The lowest BCUT2D eigenvalue weighted by atomic mass is 9.96. The molecule has 0 saturated carbocycles. The molecule has 1 atom stereocenters. The summed E-state index contributed by atoms with van der Waals surface area (Å²) in [5, 5.41) is 2.98. The van der Waals surface area contributed by atoms with Crippen LogP contribution in [0.3, 0.4) is 0 Å². The van der Waals surface area contributed by atoms with Gasteiger partial charge < -0.3 is 10.2 Å². The molecule has 2 heterocycles. The molecule has 0 spiro atoms. The van der Waals surface area contributed by atoms with Crippen molar-refractivity contribution in [3.8, 4) is 0 Å². The average Bonchev–Trinajstić information content (AvgIpc) is 2.75.